The lowest BCUT2D eigenvalue weighted by atomic mass is 9.95. The van der Waals surface area contributed by atoms with Crippen LogP contribution in [0.5, 0.6) is 5.75 Å². The lowest BCUT2D eigenvalue weighted by Crippen LogP contribution is -2.45. The number of Topliss-reactive ketones (excluding diaryl/α,β-unsaturated/α-hetero) is 1. The molecule has 24 heavy (non-hydrogen) atoms. The molecule has 0 aliphatic carbocycles. The van der Waals surface area contributed by atoms with Gasteiger partial charge in [0.05, 0.1) is 13.2 Å². The molecule has 1 aromatic rings. The molecule has 7 nitrogen and oxygen atoms in total. The molecule has 0 N–H and O–H groups in total. The molecule has 2 unspecified atom stereocenters. The highest BCUT2D eigenvalue weighted by Gasteiger charge is 2.51. The highest BCUT2D eigenvalue weighted by molar-refractivity contribution is 6.12. The summed E-state index contributed by atoms with van der Waals surface area (Å²) in [7, 11) is 1.52. The summed E-state index contributed by atoms with van der Waals surface area (Å²) in [6.07, 6.45) is 0.377. The van der Waals surface area contributed by atoms with Gasteiger partial charge in [0.1, 0.15) is 11.8 Å². The quantitative estimate of drug-likeness (QED) is 0.786. The molecule has 128 valence electrons. The molecular formula is C17H20N2O5. The van der Waals surface area contributed by atoms with E-state index in [9.17, 15) is 19.2 Å². The van der Waals surface area contributed by atoms with Crippen LogP contribution in [0.2, 0.25) is 0 Å². The van der Waals surface area contributed by atoms with Crippen LogP contribution in [0.3, 0.4) is 0 Å². The normalized spacial score (nSPS) is 20.2. The summed E-state index contributed by atoms with van der Waals surface area (Å²) in [4.78, 5) is 51.0. The maximum atomic E-state index is 12.9. The monoisotopic (exact) mass is 332 g/mol. The van der Waals surface area contributed by atoms with Crippen LogP contribution < -0.4 is 4.74 Å². The minimum atomic E-state index is -1.02. The molecule has 7 heteroatoms. The third-order valence-corrected chi connectivity index (χ3v) is 4.13. The molecule has 0 spiro atoms. The first-order chi connectivity index (χ1) is 11.3. The number of methoxy groups -OCH3 is 1. The Morgan fingerprint density at radius 3 is 2.00 bits per heavy atom. The number of carbonyl (C=O) groups excluding carboxylic acids is 4. The second-order valence-electron chi connectivity index (χ2n) is 5.57. The number of nitrogens with zero attached hydrogens (tertiary/aromatic N) is 2. The van der Waals surface area contributed by atoms with Crippen molar-refractivity contribution in [3.8, 4) is 5.75 Å². The van der Waals surface area contributed by atoms with Crippen molar-refractivity contribution in [1.29, 1.82) is 0 Å². The van der Waals surface area contributed by atoms with Crippen molar-refractivity contribution in [2.24, 2.45) is 0 Å². The van der Waals surface area contributed by atoms with Gasteiger partial charge in [0.15, 0.2) is 5.78 Å². The van der Waals surface area contributed by atoms with Gasteiger partial charge < -0.3 is 4.74 Å². The average Bonchev–Trinajstić information content (AvgIpc) is 2.86. The zero-order valence-electron chi connectivity index (χ0n) is 14.1. The fourth-order valence-electron chi connectivity index (χ4n) is 3.01. The zero-order valence-corrected chi connectivity index (χ0v) is 14.1. The summed E-state index contributed by atoms with van der Waals surface area (Å²) >= 11 is 0. The lowest BCUT2D eigenvalue weighted by Gasteiger charge is -2.23. The summed E-state index contributed by atoms with van der Waals surface area (Å²) in [5.41, 5.74) is 0.351. The van der Waals surface area contributed by atoms with Crippen molar-refractivity contribution in [3.05, 3.63) is 29.8 Å². The van der Waals surface area contributed by atoms with Gasteiger partial charge in [-0.2, -0.15) is 0 Å². The second-order valence-corrected chi connectivity index (χ2v) is 5.57. The molecule has 1 aromatic carbocycles. The molecule has 0 radical (unpaired) electrons. The Morgan fingerprint density at radius 1 is 1.04 bits per heavy atom. The Hall–Kier alpha value is -2.70. The van der Waals surface area contributed by atoms with Crippen molar-refractivity contribution in [2.45, 2.75) is 39.3 Å². The van der Waals surface area contributed by atoms with Crippen molar-refractivity contribution >= 4 is 23.6 Å². The van der Waals surface area contributed by atoms with Gasteiger partial charge in [-0.15, -0.1) is 0 Å². The molecule has 1 saturated heterocycles. The Labute approximate surface area is 140 Å². The van der Waals surface area contributed by atoms with Crippen molar-refractivity contribution < 1.29 is 23.9 Å². The number of benzene rings is 1. The van der Waals surface area contributed by atoms with E-state index in [1.807, 2.05) is 0 Å². The van der Waals surface area contributed by atoms with Crippen LogP contribution in [0, 0.1) is 0 Å². The largest absolute Gasteiger partial charge is 0.497 e. The van der Waals surface area contributed by atoms with Crippen LogP contribution in [0.4, 0.5) is 4.79 Å². The molecule has 0 saturated carbocycles. The predicted octanol–water partition coefficient (Wildman–Crippen LogP) is 1.86. The number of hydrogen-bond acceptors (Lipinski definition) is 5. The van der Waals surface area contributed by atoms with Gasteiger partial charge in [0.25, 0.3) is 0 Å². The molecule has 1 fully saturated rings. The van der Waals surface area contributed by atoms with E-state index in [1.165, 1.54) is 21.0 Å². The minimum absolute atomic E-state index is 0.351. The van der Waals surface area contributed by atoms with E-state index in [4.69, 9.17) is 4.74 Å². The summed E-state index contributed by atoms with van der Waals surface area (Å²) in [6, 6.07) is 3.98. The fourth-order valence-corrected chi connectivity index (χ4v) is 3.01. The summed E-state index contributed by atoms with van der Waals surface area (Å²) < 4.78 is 5.06. The van der Waals surface area contributed by atoms with Gasteiger partial charge in [-0.1, -0.05) is 6.92 Å². The number of ether oxygens (including phenoxy) is 1. The van der Waals surface area contributed by atoms with E-state index >= 15 is 0 Å². The smallest absolute Gasteiger partial charge is 0.334 e. The number of imide groups is 2. The SMILES string of the molecule is CCC1C(C(=O)c2ccc(OC)cc2)N(C(C)=O)C(=O)N1C(C)=O. The standard InChI is InChI=1S/C17H20N2O5/c1-5-14-15(16(22)12-6-8-13(24-4)9-7-12)19(11(3)21)17(23)18(14)10(2)20/h6-9,14-15H,5H2,1-4H3. The molecule has 0 bridgehead atoms. The highest BCUT2D eigenvalue weighted by Crippen LogP contribution is 2.29. The van der Waals surface area contributed by atoms with E-state index in [2.05, 4.69) is 0 Å². The number of urea groups is 1. The summed E-state index contributed by atoms with van der Waals surface area (Å²) in [5.74, 6) is -0.830. The topological polar surface area (TPSA) is 84.0 Å². The van der Waals surface area contributed by atoms with Crippen LogP contribution in [0.15, 0.2) is 24.3 Å². The molecule has 4 amide bonds. The lowest BCUT2D eigenvalue weighted by molar-refractivity contribution is -0.126. The van der Waals surface area contributed by atoms with Gasteiger partial charge in [0.2, 0.25) is 11.8 Å². The third kappa shape index (κ3) is 2.89. The minimum Gasteiger partial charge on any atom is -0.497 e. The van der Waals surface area contributed by atoms with E-state index in [0.29, 0.717) is 17.7 Å². The van der Waals surface area contributed by atoms with Crippen LogP contribution in [-0.4, -0.2) is 52.6 Å². The van der Waals surface area contributed by atoms with E-state index in [0.717, 1.165) is 9.80 Å². The fraction of sp³-hybridized carbons (Fsp3) is 0.412. The van der Waals surface area contributed by atoms with Gasteiger partial charge in [-0.25, -0.2) is 4.79 Å². The van der Waals surface area contributed by atoms with E-state index < -0.39 is 29.9 Å². The maximum absolute atomic E-state index is 12.9. The molecule has 1 heterocycles. The first-order valence-corrected chi connectivity index (χ1v) is 7.65. The molecule has 1 aliphatic rings. The first-order valence-electron chi connectivity index (χ1n) is 7.65. The predicted molar refractivity (Wildman–Crippen MR) is 85.6 cm³/mol. The number of rotatable bonds is 4. The maximum Gasteiger partial charge on any atom is 0.334 e. The highest BCUT2D eigenvalue weighted by atomic mass is 16.5. The molecule has 0 aromatic heterocycles. The number of carbonyl (C=O) groups is 4. The van der Waals surface area contributed by atoms with E-state index in [1.54, 1.807) is 31.2 Å². The van der Waals surface area contributed by atoms with Crippen molar-refractivity contribution in [3.63, 3.8) is 0 Å². The Kier molecular flexibility index (Phi) is 5.02. The van der Waals surface area contributed by atoms with Gasteiger partial charge in [-0.3, -0.25) is 24.2 Å². The molecule has 2 rings (SSSR count). The van der Waals surface area contributed by atoms with Crippen LogP contribution in [0.25, 0.3) is 0 Å². The van der Waals surface area contributed by atoms with Crippen LogP contribution >= 0.6 is 0 Å². The third-order valence-electron chi connectivity index (χ3n) is 4.13. The summed E-state index contributed by atoms with van der Waals surface area (Å²) in [5, 5.41) is 0. The summed E-state index contributed by atoms with van der Waals surface area (Å²) in [6.45, 7) is 4.23. The van der Waals surface area contributed by atoms with E-state index in [-0.39, 0.29) is 5.78 Å². The second kappa shape index (κ2) is 6.82. The Balaban J connectivity index is 2.45. The number of ketones is 1. The number of amides is 4. The molecule has 2 atom stereocenters. The molecule has 1 aliphatic heterocycles. The Bertz CT molecular complexity index is 683. The van der Waals surface area contributed by atoms with Crippen molar-refractivity contribution in [1.82, 2.24) is 9.80 Å². The van der Waals surface area contributed by atoms with Crippen LogP contribution in [0.1, 0.15) is 37.6 Å². The Morgan fingerprint density at radius 2 is 1.58 bits per heavy atom. The average molecular weight is 332 g/mol. The number of hydrogen-bond donors (Lipinski definition) is 0. The van der Waals surface area contributed by atoms with Gasteiger partial charge in [-0.05, 0) is 30.7 Å². The zero-order chi connectivity index (χ0) is 18.0. The molecular weight excluding hydrogens is 312 g/mol. The first kappa shape index (κ1) is 17.7. The van der Waals surface area contributed by atoms with Gasteiger partial charge >= 0.3 is 6.03 Å². The van der Waals surface area contributed by atoms with Gasteiger partial charge in [0, 0.05) is 19.4 Å². The van der Waals surface area contributed by atoms with Crippen molar-refractivity contribution in [2.75, 3.05) is 7.11 Å². The van der Waals surface area contributed by atoms with Crippen LogP contribution in [-0.2, 0) is 9.59 Å².